The fourth-order valence-corrected chi connectivity index (χ4v) is 2.79. The number of likely N-dealkylation sites (tertiary alicyclic amines) is 1. The minimum absolute atomic E-state index is 0.0825. The third-order valence-electron chi connectivity index (χ3n) is 4.22. The average molecular weight is 310 g/mol. The van der Waals surface area contributed by atoms with E-state index in [-0.39, 0.29) is 11.7 Å². The summed E-state index contributed by atoms with van der Waals surface area (Å²) in [5.41, 5.74) is 0. The Hall–Kier alpha value is -1.20. The largest absolute Gasteiger partial charge is 0.480 e. The first kappa shape index (κ1) is 18.8. The summed E-state index contributed by atoms with van der Waals surface area (Å²) in [5.74, 6) is -0.973. The van der Waals surface area contributed by atoms with Gasteiger partial charge in [0.1, 0.15) is 12.2 Å². The highest BCUT2D eigenvalue weighted by molar-refractivity contribution is 5.85. The molecule has 1 fully saturated rings. The number of aliphatic carboxylic acids is 1. The Morgan fingerprint density at radius 1 is 1.50 bits per heavy atom. The second kappa shape index (κ2) is 9.74. The van der Waals surface area contributed by atoms with E-state index >= 15 is 0 Å². The summed E-state index contributed by atoms with van der Waals surface area (Å²) in [6.07, 6.45) is 9.39. The van der Waals surface area contributed by atoms with Crippen LogP contribution in [0.3, 0.4) is 0 Å². The van der Waals surface area contributed by atoms with Gasteiger partial charge in [-0.2, -0.15) is 0 Å². The van der Waals surface area contributed by atoms with E-state index in [2.05, 4.69) is 18.3 Å². The molecule has 1 heterocycles. The Labute approximate surface area is 133 Å². The molecule has 2 N–H and O–H groups in total. The molecule has 0 saturated carbocycles. The van der Waals surface area contributed by atoms with E-state index in [9.17, 15) is 14.7 Å². The van der Waals surface area contributed by atoms with Crippen LogP contribution in [0.15, 0.2) is 12.2 Å². The molecule has 0 aliphatic carbocycles. The van der Waals surface area contributed by atoms with Crippen LogP contribution in [0.5, 0.6) is 0 Å². The Morgan fingerprint density at radius 3 is 2.82 bits per heavy atom. The lowest BCUT2D eigenvalue weighted by atomic mass is 9.98. The fraction of sp³-hybridized carbons (Fsp3) is 0.765. The number of carbonyl (C=O) groups is 2. The number of nitrogens with zero attached hydrogens (tertiary/aromatic N) is 1. The Bertz CT molecular complexity index is 395. The average Bonchev–Trinajstić information content (AvgIpc) is 2.46. The number of hydrogen-bond acceptors (Lipinski definition) is 4. The molecule has 1 rings (SSSR count). The summed E-state index contributed by atoms with van der Waals surface area (Å²) in [7, 11) is 1.86. The molecule has 126 valence electrons. The normalized spacial score (nSPS) is 22.9. The number of unbranched alkanes of at least 4 members (excludes halogenated alkanes) is 3. The van der Waals surface area contributed by atoms with Crippen molar-refractivity contribution in [3.8, 4) is 0 Å². The topological polar surface area (TPSA) is 69.6 Å². The molecule has 3 atom stereocenters. The third kappa shape index (κ3) is 5.89. The summed E-state index contributed by atoms with van der Waals surface area (Å²) in [6, 6.07) is -0.739. The lowest BCUT2D eigenvalue weighted by molar-refractivity contribution is -0.142. The molecule has 1 aliphatic rings. The van der Waals surface area contributed by atoms with E-state index in [1.165, 1.54) is 12.8 Å². The Morgan fingerprint density at radius 2 is 2.23 bits per heavy atom. The van der Waals surface area contributed by atoms with Crippen LogP contribution in [0.2, 0.25) is 0 Å². The maximum Gasteiger partial charge on any atom is 0.321 e. The second-order valence-electron chi connectivity index (χ2n) is 6.22. The van der Waals surface area contributed by atoms with Gasteiger partial charge in [-0.05, 0) is 26.3 Å². The van der Waals surface area contributed by atoms with Crippen molar-refractivity contribution in [3.63, 3.8) is 0 Å². The molecular weight excluding hydrogens is 280 g/mol. The third-order valence-corrected chi connectivity index (χ3v) is 4.22. The van der Waals surface area contributed by atoms with Crippen molar-refractivity contribution in [1.82, 2.24) is 10.2 Å². The number of hydrogen-bond donors (Lipinski definition) is 2. The second-order valence-corrected chi connectivity index (χ2v) is 6.22. The predicted molar refractivity (Wildman–Crippen MR) is 87.7 cm³/mol. The van der Waals surface area contributed by atoms with E-state index in [0.717, 1.165) is 25.8 Å². The molecular formula is C17H30N2O3. The van der Waals surface area contributed by atoms with E-state index in [0.29, 0.717) is 6.42 Å². The van der Waals surface area contributed by atoms with Gasteiger partial charge in [0.25, 0.3) is 0 Å². The van der Waals surface area contributed by atoms with Crippen LogP contribution in [0.4, 0.5) is 0 Å². The van der Waals surface area contributed by atoms with Crippen molar-refractivity contribution in [1.29, 1.82) is 0 Å². The van der Waals surface area contributed by atoms with Crippen LogP contribution in [0, 0.1) is 5.92 Å². The van der Waals surface area contributed by atoms with Gasteiger partial charge in [0.05, 0.1) is 0 Å². The van der Waals surface area contributed by atoms with Crippen molar-refractivity contribution < 1.29 is 14.7 Å². The zero-order chi connectivity index (χ0) is 16.5. The molecule has 1 aliphatic heterocycles. The maximum atomic E-state index is 12.0. The summed E-state index contributed by atoms with van der Waals surface area (Å²) in [6.45, 7) is 4.86. The van der Waals surface area contributed by atoms with Crippen LogP contribution >= 0.6 is 0 Å². The van der Waals surface area contributed by atoms with Gasteiger partial charge >= 0.3 is 5.97 Å². The number of carboxylic acid groups (broad SMARTS) is 1. The molecule has 2 unspecified atom stereocenters. The number of carbonyl (C=O) groups excluding carboxylic acids is 1. The number of carboxylic acids is 1. The quantitative estimate of drug-likeness (QED) is 0.505. The molecule has 0 amide bonds. The molecule has 0 aromatic heterocycles. The number of Topliss-reactive ketones (excluding diaryl/α,β-unsaturated/α-hetero) is 1. The zero-order valence-corrected chi connectivity index (χ0v) is 14.0. The monoisotopic (exact) mass is 310 g/mol. The number of nitrogens with one attached hydrogen (secondary N) is 1. The highest BCUT2D eigenvalue weighted by Crippen LogP contribution is 2.14. The van der Waals surface area contributed by atoms with Gasteiger partial charge in [-0.15, -0.1) is 0 Å². The predicted octanol–water partition coefficient (Wildman–Crippen LogP) is 2.42. The van der Waals surface area contributed by atoms with E-state index < -0.39 is 18.2 Å². The first-order valence-corrected chi connectivity index (χ1v) is 8.35. The molecule has 22 heavy (non-hydrogen) atoms. The van der Waals surface area contributed by atoms with Gasteiger partial charge in [0.2, 0.25) is 0 Å². The number of piperidine rings is 1. The van der Waals surface area contributed by atoms with Crippen molar-refractivity contribution >= 4 is 11.8 Å². The minimum atomic E-state index is -0.905. The van der Waals surface area contributed by atoms with Gasteiger partial charge in [-0.3, -0.25) is 19.8 Å². The first-order valence-electron chi connectivity index (χ1n) is 8.35. The van der Waals surface area contributed by atoms with Crippen LogP contribution in [0.1, 0.15) is 52.4 Å². The fourth-order valence-electron chi connectivity index (χ4n) is 2.79. The number of rotatable bonds is 9. The van der Waals surface area contributed by atoms with Crippen LogP contribution in [-0.2, 0) is 9.59 Å². The molecule has 0 aromatic rings. The molecule has 5 heteroatoms. The van der Waals surface area contributed by atoms with Crippen molar-refractivity contribution in [2.24, 2.45) is 5.92 Å². The molecule has 0 aromatic carbocycles. The Kier molecular flexibility index (Phi) is 8.35. The summed E-state index contributed by atoms with van der Waals surface area (Å²) < 4.78 is 0. The lowest BCUT2D eigenvalue weighted by Gasteiger charge is -2.34. The van der Waals surface area contributed by atoms with E-state index in [4.69, 9.17) is 0 Å². The van der Waals surface area contributed by atoms with E-state index in [1.54, 1.807) is 0 Å². The summed E-state index contributed by atoms with van der Waals surface area (Å²) in [5, 5.41) is 12.5. The smallest absolute Gasteiger partial charge is 0.321 e. The summed E-state index contributed by atoms with van der Waals surface area (Å²) in [4.78, 5) is 25.4. The number of allylic oxidation sites excluding steroid dienone is 1. The van der Waals surface area contributed by atoms with Crippen LogP contribution in [0.25, 0.3) is 0 Å². The lowest BCUT2D eigenvalue weighted by Crippen LogP contribution is -2.58. The van der Waals surface area contributed by atoms with Gasteiger partial charge < -0.3 is 5.11 Å². The van der Waals surface area contributed by atoms with E-state index in [1.807, 2.05) is 24.9 Å². The SMILES string of the molecule is CCCCC/C=C\C(C)C(N[C@@H]1C(=O)CCCN1C)C(=O)O. The maximum absolute atomic E-state index is 12.0. The first-order chi connectivity index (χ1) is 10.5. The van der Waals surface area contributed by atoms with Crippen LogP contribution < -0.4 is 5.32 Å². The highest BCUT2D eigenvalue weighted by Gasteiger charge is 2.33. The standard InChI is InChI=1S/C17H30N2O3/c1-4-5-6-7-8-10-13(2)15(17(21)22)18-16-14(20)11-9-12-19(16)3/h8,10,13,15-16,18H,4-7,9,11-12H2,1-3H3,(H,21,22)/b10-8-/t13?,15?,16-/m0/s1. The Balaban J connectivity index is 2.60. The van der Waals surface area contributed by atoms with Crippen molar-refractivity contribution in [2.45, 2.75) is 64.6 Å². The van der Waals surface area contributed by atoms with Crippen molar-refractivity contribution in [2.75, 3.05) is 13.6 Å². The van der Waals surface area contributed by atoms with Crippen molar-refractivity contribution in [3.05, 3.63) is 12.2 Å². The molecule has 0 radical (unpaired) electrons. The molecule has 0 spiro atoms. The van der Waals surface area contributed by atoms with Gasteiger partial charge in [0, 0.05) is 18.9 Å². The molecule has 0 bridgehead atoms. The van der Waals surface area contributed by atoms with Gasteiger partial charge in [0.15, 0.2) is 5.78 Å². The highest BCUT2D eigenvalue weighted by atomic mass is 16.4. The van der Waals surface area contributed by atoms with Gasteiger partial charge in [-0.25, -0.2) is 0 Å². The van der Waals surface area contributed by atoms with Crippen LogP contribution in [-0.4, -0.2) is 47.6 Å². The number of likely N-dealkylation sites (N-methyl/N-ethyl adjacent to an activating group) is 1. The number of ketones is 1. The molecule has 1 saturated heterocycles. The summed E-state index contributed by atoms with van der Waals surface area (Å²) >= 11 is 0. The van der Waals surface area contributed by atoms with Gasteiger partial charge in [-0.1, -0.05) is 38.8 Å². The minimum Gasteiger partial charge on any atom is -0.480 e. The zero-order valence-electron chi connectivity index (χ0n) is 14.0. The molecule has 5 nitrogen and oxygen atoms in total.